The number of methoxy groups -OCH3 is 2. The van der Waals surface area contributed by atoms with Gasteiger partial charge in [-0.2, -0.15) is 0 Å². The lowest BCUT2D eigenvalue weighted by Gasteiger charge is -2.39. The van der Waals surface area contributed by atoms with E-state index in [0.717, 1.165) is 68.7 Å². The van der Waals surface area contributed by atoms with Crippen molar-refractivity contribution in [3.8, 4) is 11.5 Å². The maximum Gasteiger partial charge on any atom is 0.220 e. The molecule has 1 aliphatic rings. The van der Waals surface area contributed by atoms with Crippen molar-refractivity contribution in [2.24, 2.45) is 0 Å². The van der Waals surface area contributed by atoms with E-state index in [-0.39, 0.29) is 17.1 Å². The van der Waals surface area contributed by atoms with Crippen molar-refractivity contribution < 1.29 is 18.7 Å². The van der Waals surface area contributed by atoms with E-state index in [1.165, 1.54) is 34.4 Å². The Morgan fingerprint density at radius 1 is 0.872 bits per heavy atom. The van der Waals surface area contributed by atoms with E-state index in [0.29, 0.717) is 25.4 Å². The van der Waals surface area contributed by atoms with Gasteiger partial charge in [-0.15, -0.1) is 0 Å². The molecule has 1 heterocycles. The van der Waals surface area contributed by atoms with Crippen LogP contribution in [0.4, 0.5) is 4.39 Å². The molecule has 0 spiro atoms. The first kappa shape index (κ1) is 34.2. The van der Waals surface area contributed by atoms with Crippen LogP contribution in [0.15, 0.2) is 97.1 Å². The van der Waals surface area contributed by atoms with Crippen LogP contribution in [0.5, 0.6) is 11.5 Å². The standard InChI is InChI=1S/C41H49FN2O3/c1-4-37-36-30-39(47-3)38(46-2)29-32(36)23-28-44(37)27-12-25-41(33-13-7-5-8-14-33,34-15-9-6-10-16-34)24-11-26-43-40(45)22-19-31-17-20-35(42)21-18-31/h5-10,13-18,20-21,29-30,37H,4,11-12,19,22-28H2,1-3H3,(H,43,45). The zero-order chi connectivity index (χ0) is 33.1. The molecule has 0 saturated heterocycles. The van der Waals surface area contributed by atoms with Gasteiger partial charge in [0.2, 0.25) is 5.91 Å². The van der Waals surface area contributed by atoms with Gasteiger partial charge in [-0.05, 0) is 104 Å². The minimum Gasteiger partial charge on any atom is -0.493 e. The van der Waals surface area contributed by atoms with Crippen LogP contribution in [0.25, 0.3) is 0 Å². The third kappa shape index (κ3) is 8.41. The van der Waals surface area contributed by atoms with Crippen molar-refractivity contribution >= 4 is 5.91 Å². The van der Waals surface area contributed by atoms with Crippen molar-refractivity contribution in [3.05, 3.63) is 131 Å². The van der Waals surface area contributed by atoms with E-state index < -0.39 is 0 Å². The first-order valence-corrected chi connectivity index (χ1v) is 17.1. The molecule has 5 nitrogen and oxygen atoms in total. The summed E-state index contributed by atoms with van der Waals surface area (Å²) >= 11 is 0. The zero-order valence-corrected chi connectivity index (χ0v) is 28.1. The number of amides is 1. The van der Waals surface area contributed by atoms with Crippen molar-refractivity contribution in [1.29, 1.82) is 0 Å². The summed E-state index contributed by atoms with van der Waals surface area (Å²) in [5, 5.41) is 3.15. The molecule has 4 aromatic carbocycles. The van der Waals surface area contributed by atoms with E-state index in [9.17, 15) is 9.18 Å². The molecule has 5 rings (SSSR count). The van der Waals surface area contributed by atoms with Gasteiger partial charge in [0.25, 0.3) is 0 Å². The monoisotopic (exact) mass is 636 g/mol. The average molecular weight is 637 g/mol. The highest BCUT2D eigenvalue weighted by Crippen LogP contribution is 2.43. The smallest absolute Gasteiger partial charge is 0.220 e. The molecule has 1 atom stereocenters. The van der Waals surface area contributed by atoms with Gasteiger partial charge in [0.15, 0.2) is 11.5 Å². The first-order chi connectivity index (χ1) is 23.0. The summed E-state index contributed by atoms with van der Waals surface area (Å²) in [5.74, 6) is 1.37. The van der Waals surface area contributed by atoms with Crippen LogP contribution in [-0.4, -0.2) is 44.7 Å². The maximum atomic E-state index is 13.3. The lowest BCUT2D eigenvalue weighted by molar-refractivity contribution is -0.121. The highest BCUT2D eigenvalue weighted by molar-refractivity contribution is 5.76. The highest BCUT2D eigenvalue weighted by atomic mass is 19.1. The van der Waals surface area contributed by atoms with Crippen LogP contribution in [0.2, 0.25) is 0 Å². The van der Waals surface area contributed by atoms with Crippen LogP contribution >= 0.6 is 0 Å². The van der Waals surface area contributed by atoms with Crippen molar-refractivity contribution in [2.75, 3.05) is 33.9 Å². The second-order valence-electron chi connectivity index (χ2n) is 12.6. The third-order valence-electron chi connectivity index (χ3n) is 9.86. The van der Waals surface area contributed by atoms with Crippen molar-refractivity contribution in [1.82, 2.24) is 10.2 Å². The van der Waals surface area contributed by atoms with Gasteiger partial charge in [0.1, 0.15) is 5.82 Å². The molecule has 1 amide bonds. The molecule has 1 N–H and O–H groups in total. The Morgan fingerprint density at radius 2 is 1.49 bits per heavy atom. The van der Waals surface area contributed by atoms with E-state index in [4.69, 9.17) is 9.47 Å². The van der Waals surface area contributed by atoms with Crippen molar-refractivity contribution in [2.45, 2.75) is 69.7 Å². The SMILES string of the molecule is CCC1c2cc(OC)c(OC)cc2CCN1CCCC(CCCNC(=O)CCc1ccc(F)cc1)(c1ccccc1)c1ccccc1. The number of benzene rings is 4. The first-order valence-electron chi connectivity index (χ1n) is 17.1. The van der Waals surface area contributed by atoms with Crippen LogP contribution in [0.3, 0.4) is 0 Å². The number of aryl methyl sites for hydroxylation is 1. The lowest BCUT2D eigenvalue weighted by atomic mass is 9.68. The quantitative estimate of drug-likeness (QED) is 0.125. The Balaban J connectivity index is 1.28. The number of nitrogens with zero attached hydrogens (tertiary/aromatic N) is 1. The Kier molecular flexibility index (Phi) is 12.1. The molecule has 0 aromatic heterocycles. The lowest BCUT2D eigenvalue weighted by Crippen LogP contribution is -2.37. The molecule has 0 bridgehead atoms. The molecule has 1 aliphatic heterocycles. The summed E-state index contributed by atoms with van der Waals surface area (Å²) in [6.45, 7) is 4.92. The summed E-state index contributed by atoms with van der Waals surface area (Å²) in [7, 11) is 3.41. The average Bonchev–Trinajstić information content (AvgIpc) is 3.12. The molecule has 0 saturated carbocycles. The summed E-state index contributed by atoms with van der Waals surface area (Å²) in [6.07, 6.45) is 6.87. The molecule has 47 heavy (non-hydrogen) atoms. The topological polar surface area (TPSA) is 50.8 Å². The predicted molar refractivity (Wildman–Crippen MR) is 188 cm³/mol. The van der Waals surface area contributed by atoms with Gasteiger partial charge in [0.05, 0.1) is 14.2 Å². The van der Waals surface area contributed by atoms with Crippen LogP contribution < -0.4 is 14.8 Å². The second kappa shape index (κ2) is 16.6. The fourth-order valence-electron chi connectivity index (χ4n) is 7.41. The van der Waals surface area contributed by atoms with Gasteiger partial charge in [0, 0.05) is 31.0 Å². The number of rotatable bonds is 16. The normalized spacial score (nSPS) is 14.8. The zero-order valence-electron chi connectivity index (χ0n) is 28.1. The molecule has 1 unspecified atom stereocenters. The molecular formula is C41H49FN2O3. The minimum atomic E-state index is -0.258. The molecule has 248 valence electrons. The number of hydrogen-bond acceptors (Lipinski definition) is 4. The molecular weight excluding hydrogens is 587 g/mol. The van der Waals surface area contributed by atoms with E-state index in [1.807, 2.05) is 0 Å². The summed E-state index contributed by atoms with van der Waals surface area (Å²) < 4.78 is 24.5. The Labute approximate surface area is 280 Å². The fourth-order valence-corrected chi connectivity index (χ4v) is 7.41. The number of fused-ring (bicyclic) bond motifs is 1. The fraction of sp³-hybridized carbons (Fsp3) is 0.390. The summed E-state index contributed by atoms with van der Waals surface area (Å²) in [6, 6.07) is 32.8. The number of halogens is 1. The number of hydrogen-bond donors (Lipinski definition) is 1. The summed E-state index contributed by atoms with van der Waals surface area (Å²) in [4.78, 5) is 15.4. The summed E-state index contributed by atoms with van der Waals surface area (Å²) in [5.41, 5.74) is 6.14. The number of ether oxygens (including phenoxy) is 2. The third-order valence-corrected chi connectivity index (χ3v) is 9.86. The molecule has 0 aliphatic carbocycles. The van der Waals surface area contributed by atoms with Crippen molar-refractivity contribution in [3.63, 3.8) is 0 Å². The molecule has 4 aromatic rings. The van der Waals surface area contributed by atoms with Crippen LogP contribution in [0.1, 0.15) is 79.3 Å². The Hall–Kier alpha value is -4.16. The van der Waals surface area contributed by atoms with Crippen LogP contribution in [-0.2, 0) is 23.1 Å². The second-order valence-corrected chi connectivity index (χ2v) is 12.6. The Bertz CT molecular complexity index is 1520. The maximum absolute atomic E-state index is 13.3. The van der Waals surface area contributed by atoms with Gasteiger partial charge in [-0.3, -0.25) is 9.69 Å². The van der Waals surface area contributed by atoms with E-state index in [2.05, 4.69) is 89.9 Å². The predicted octanol–water partition coefficient (Wildman–Crippen LogP) is 8.45. The van der Waals surface area contributed by atoms with Crippen LogP contribution in [0, 0.1) is 5.82 Å². The largest absolute Gasteiger partial charge is 0.493 e. The highest BCUT2D eigenvalue weighted by Gasteiger charge is 2.34. The van der Waals surface area contributed by atoms with Gasteiger partial charge in [-0.25, -0.2) is 4.39 Å². The number of carbonyl (C=O) groups is 1. The van der Waals surface area contributed by atoms with Gasteiger partial charge in [-0.1, -0.05) is 79.7 Å². The number of carbonyl (C=O) groups excluding carboxylic acids is 1. The van der Waals surface area contributed by atoms with E-state index >= 15 is 0 Å². The van der Waals surface area contributed by atoms with E-state index in [1.54, 1.807) is 26.4 Å². The van der Waals surface area contributed by atoms with Gasteiger partial charge < -0.3 is 14.8 Å². The molecule has 0 radical (unpaired) electrons. The molecule has 0 fully saturated rings. The Morgan fingerprint density at radius 3 is 2.11 bits per heavy atom. The van der Waals surface area contributed by atoms with Gasteiger partial charge >= 0.3 is 0 Å². The minimum absolute atomic E-state index is 0.0320. The number of nitrogens with one attached hydrogen (secondary N) is 1. The molecule has 6 heteroatoms.